The lowest BCUT2D eigenvalue weighted by Crippen LogP contribution is -2.32. The van der Waals surface area contributed by atoms with Crippen molar-refractivity contribution in [2.24, 2.45) is 5.41 Å². The summed E-state index contributed by atoms with van der Waals surface area (Å²) >= 11 is 6.80. The van der Waals surface area contributed by atoms with E-state index in [0.717, 1.165) is 23.3 Å². The van der Waals surface area contributed by atoms with Crippen molar-refractivity contribution in [3.63, 3.8) is 0 Å². The number of halogens is 1. The Labute approximate surface area is 219 Å². The van der Waals surface area contributed by atoms with E-state index >= 15 is 0 Å². The van der Waals surface area contributed by atoms with Crippen LogP contribution in [0.3, 0.4) is 0 Å². The summed E-state index contributed by atoms with van der Waals surface area (Å²) in [5.41, 5.74) is 8.32. The predicted molar refractivity (Wildman–Crippen MR) is 157 cm³/mol. The van der Waals surface area contributed by atoms with Gasteiger partial charge in [-0.2, -0.15) is 0 Å². The number of anilines is 1. The molecule has 5 aromatic carbocycles. The average Bonchev–Trinajstić information content (AvgIpc) is 2.88. The van der Waals surface area contributed by atoms with Gasteiger partial charge in [-0.1, -0.05) is 98.2 Å². The first-order valence-electron chi connectivity index (χ1n) is 12.8. The Morgan fingerprint density at radius 2 is 1.42 bits per heavy atom. The molecular weight excluding hydrogens is 458 g/mol. The molecule has 1 aliphatic carbocycles. The van der Waals surface area contributed by atoms with Crippen molar-refractivity contribution in [2.75, 3.05) is 19.0 Å². The average molecular weight is 490 g/mol. The number of hydrogen-bond acceptors (Lipinski definition) is 1. The molecule has 0 aliphatic heterocycles. The van der Waals surface area contributed by atoms with E-state index in [1.807, 2.05) is 0 Å². The van der Waals surface area contributed by atoms with Gasteiger partial charge in [-0.3, -0.25) is 0 Å². The van der Waals surface area contributed by atoms with Gasteiger partial charge in [0.1, 0.15) is 0 Å². The summed E-state index contributed by atoms with van der Waals surface area (Å²) in [6, 6.07) is 33.1. The summed E-state index contributed by atoms with van der Waals surface area (Å²) < 4.78 is 0. The van der Waals surface area contributed by atoms with E-state index in [-0.39, 0.29) is 5.41 Å². The first-order valence-corrected chi connectivity index (χ1v) is 13.2. The van der Waals surface area contributed by atoms with Crippen LogP contribution in [0.25, 0.3) is 32.7 Å². The molecule has 0 bridgehead atoms. The highest BCUT2D eigenvalue weighted by molar-refractivity contribution is 6.37. The number of rotatable bonds is 3. The Kier molecular flexibility index (Phi) is 5.57. The Morgan fingerprint density at radius 3 is 2.17 bits per heavy atom. The van der Waals surface area contributed by atoms with E-state index in [9.17, 15) is 0 Å². The fraction of sp³-hybridized carbons (Fsp3) is 0.235. The molecule has 1 atom stereocenters. The first-order chi connectivity index (χ1) is 17.3. The molecule has 0 saturated carbocycles. The lowest BCUT2D eigenvalue weighted by Gasteiger charge is -2.42. The fourth-order valence-corrected chi connectivity index (χ4v) is 6.57. The molecule has 2 heteroatoms. The summed E-state index contributed by atoms with van der Waals surface area (Å²) in [6.45, 7) is 4.88. The van der Waals surface area contributed by atoms with Gasteiger partial charge in [0, 0.05) is 30.2 Å². The van der Waals surface area contributed by atoms with E-state index in [2.05, 4.69) is 124 Å². The molecule has 1 aliphatic rings. The molecule has 0 heterocycles. The highest BCUT2D eigenvalue weighted by atomic mass is 35.5. The Bertz CT molecular complexity index is 1600. The molecule has 0 radical (unpaired) electrons. The molecule has 0 N–H and O–H groups in total. The van der Waals surface area contributed by atoms with Crippen LogP contribution in [0, 0.1) is 5.41 Å². The maximum absolute atomic E-state index is 6.80. The zero-order valence-electron chi connectivity index (χ0n) is 21.5. The molecule has 180 valence electrons. The van der Waals surface area contributed by atoms with E-state index in [4.69, 9.17) is 11.6 Å². The van der Waals surface area contributed by atoms with Gasteiger partial charge in [0.2, 0.25) is 0 Å². The van der Waals surface area contributed by atoms with E-state index < -0.39 is 0 Å². The predicted octanol–water partition coefficient (Wildman–Crippen LogP) is 9.29. The lowest BCUT2D eigenvalue weighted by molar-refractivity contribution is 0.265. The molecular formula is C34H32ClN. The SMILES string of the molecule is CN(C)c1ccc(-c2ccccc2)cc1C1Cc2ccc3c(cc(Cl)c4ccccc43)c2CC1(C)C. The normalized spacial score (nSPS) is 16.8. The fourth-order valence-electron chi connectivity index (χ4n) is 6.30. The maximum atomic E-state index is 6.80. The van der Waals surface area contributed by atoms with Gasteiger partial charge in [-0.25, -0.2) is 0 Å². The monoisotopic (exact) mass is 489 g/mol. The van der Waals surface area contributed by atoms with Crippen LogP contribution in [-0.4, -0.2) is 14.1 Å². The largest absolute Gasteiger partial charge is 0.377 e. The third kappa shape index (κ3) is 3.78. The van der Waals surface area contributed by atoms with E-state index in [0.29, 0.717) is 5.92 Å². The zero-order chi connectivity index (χ0) is 25.0. The smallest absolute Gasteiger partial charge is 0.0490 e. The quantitative estimate of drug-likeness (QED) is 0.228. The van der Waals surface area contributed by atoms with E-state index in [1.165, 1.54) is 49.7 Å². The molecule has 6 rings (SSSR count). The maximum Gasteiger partial charge on any atom is 0.0490 e. The van der Waals surface area contributed by atoms with Crippen LogP contribution in [0.2, 0.25) is 5.02 Å². The highest BCUT2D eigenvalue weighted by Crippen LogP contribution is 2.50. The van der Waals surface area contributed by atoms with Crippen LogP contribution in [-0.2, 0) is 12.8 Å². The number of benzene rings is 5. The Morgan fingerprint density at radius 1 is 0.722 bits per heavy atom. The third-order valence-corrected chi connectivity index (χ3v) is 8.50. The van der Waals surface area contributed by atoms with Gasteiger partial charge in [-0.15, -0.1) is 0 Å². The van der Waals surface area contributed by atoms with Crippen LogP contribution in [0.15, 0.2) is 91.0 Å². The summed E-state index contributed by atoms with van der Waals surface area (Å²) in [5.74, 6) is 0.416. The number of fused-ring (bicyclic) bond motifs is 5. The highest BCUT2D eigenvalue weighted by Gasteiger charge is 2.38. The molecule has 0 spiro atoms. The second-order valence-electron chi connectivity index (χ2n) is 11.2. The number of hydrogen-bond donors (Lipinski definition) is 0. The first kappa shape index (κ1) is 23.1. The molecule has 0 fully saturated rings. The molecule has 1 nitrogen and oxygen atoms in total. The summed E-state index contributed by atoms with van der Waals surface area (Å²) in [6.07, 6.45) is 2.06. The molecule has 36 heavy (non-hydrogen) atoms. The minimum absolute atomic E-state index is 0.0967. The van der Waals surface area contributed by atoms with Crippen LogP contribution in [0.5, 0.6) is 0 Å². The van der Waals surface area contributed by atoms with Crippen molar-refractivity contribution < 1.29 is 0 Å². The summed E-state index contributed by atoms with van der Waals surface area (Å²) in [7, 11) is 4.32. The second kappa shape index (κ2) is 8.68. The molecule has 0 saturated heterocycles. The summed E-state index contributed by atoms with van der Waals surface area (Å²) in [4.78, 5) is 2.27. The summed E-state index contributed by atoms with van der Waals surface area (Å²) in [5, 5.41) is 5.84. The molecule has 0 amide bonds. The van der Waals surface area contributed by atoms with Crippen molar-refractivity contribution in [2.45, 2.75) is 32.6 Å². The van der Waals surface area contributed by atoms with Gasteiger partial charge < -0.3 is 4.90 Å². The standard InChI is InChI=1S/C34H32ClN/c1-34(2)21-30-24(14-16-26-25-12-8-9-13-27(25)32(35)20-28(26)30)19-31(34)29-18-23(15-17-33(29)36(3)4)22-10-6-5-7-11-22/h5-18,20,31H,19,21H2,1-4H3. The van der Waals surface area contributed by atoms with Crippen molar-refractivity contribution in [3.8, 4) is 11.1 Å². The van der Waals surface area contributed by atoms with Gasteiger partial charge in [0.05, 0.1) is 0 Å². The van der Waals surface area contributed by atoms with Gasteiger partial charge >= 0.3 is 0 Å². The van der Waals surface area contributed by atoms with Crippen molar-refractivity contribution in [1.29, 1.82) is 0 Å². The van der Waals surface area contributed by atoms with Crippen LogP contribution in [0.4, 0.5) is 5.69 Å². The molecule has 5 aromatic rings. The minimum Gasteiger partial charge on any atom is -0.377 e. The van der Waals surface area contributed by atoms with Crippen LogP contribution < -0.4 is 4.90 Å². The molecule has 0 aromatic heterocycles. The van der Waals surface area contributed by atoms with Gasteiger partial charge in [0.25, 0.3) is 0 Å². The molecule has 1 unspecified atom stereocenters. The topological polar surface area (TPSA) is 3.24 Å². The van der Waals surface area contributed by atoms with Crippen LogP contribution in [0.1, 0.15) is 36.5 Å². The van der Waals surface area contributed by atoms with Crippen molar-refractivity contribution >= 4 is 38.8 Å². The van der Waals surface area contributed by atoms with Crippen molar-refractivity contribution in [1.82, 2.24) is 0 Å². The third-order valence-electron chi connectivity index (χ3n) is 8.19. The van der Waals surface area contributed by atoms with Gasteiger partial charge in [-0.05, 0) is 86.3 Å². The van der Waals surface area contributed by atoms with Gasteiger partial charge in [0.15, 0.2) is 0 Å². The second-order valence-corrected chi connectivity index (χ2v) is 11.6. The zero-order valence-corrected chi connectivity index (χ0v) is 22.2. The number of nitrogens with zero attached hydrogens (tertiary/aromatic N) is 1. The lowest BCUT2D eigenvalue weighted by atomic mass is 9.63. The Balaban J connectivity index is 1.51. The minimum atomic E-state index is 0.0967. The Hall–Kier alpha value is -3.29. The van der Waals surface area contributed by atoms with Crippen molar-refractivity contribution in [3.05, 3.63) is 113 Å². The van der Waals surface area contributed by atoms with E-state index in [1.54, 1.807) is 0 Å². The van der Waals surface area contributed by atoms with Crippen LogP contribution >= 0.6 is 11.6 Å².